The molecule has 0 spiro atoms. The van der Waals surface area contributed by atoms with Gasteiger partial charge in [0.2, 0.25) is 10.0 Å². The fourth-order valence-corrected chi connectivity index (χ4v) is 5.38. The van der Waals surface area contributed by atoms with Gasteiger partial charge < -0.3 is 14.2 Å². The topological polar surface area (TPSA) is 82.1 Å². The minimum Gasteiger partial charge on any atom is -0.495 e. The van der Waals surface area contributed by atoms with Crippen LogP contribution in [0.15, 0.2) is 65.6 Å². The lowest BCUT2D eigenvalue weighted by molar-refractivity contribution is -0.128. The van der Waals surface area contributed by atoms with Crippen LogP contribution in [0.5, 0.6) is 11.5 Å². The lowest BCUT2D eigenvalue weighted by atomic mass is 10.1. The van der Waals surface area contributed by atoms with Crippen molar-refractivity contribution in [3.8, 4) is 11.5 Å². The van der Waals surface area contributed by atoms with Gasteiger partial charge >= 0.3 is 5.97 Å². The van der Waals surface area contributed by atoms with E-state index in [0.29, 0.717) is 29.5 Å². The molecular formula is C24H22ClNO6S. The molecule has 3 aromatic rings. The van der Waals surface area contributed by atoms with Gasteiger partial charge in [-0.2, -0.15) is 4.31 Å². The van der Waals surface area contributed by atoms with Crippen LogP contribution in [-0.4, -0.2) is 52.1 Å². The monoisotopic (exact) mass is 487 g/mol. The summed E-state index contributed by atoms with van der Waals surface area (Å²) in [5.41, 5.74) is 0.514. The third-order valence-electron chi connectivity index (χ3n) is 5.23. The molecule has 0 aliphatic carbocycles. The zero-order valence-corrected chi connectivity index (χ0v) is 19.4. The van der Waals surface area contributed by atoms with E-state index in [4.69, 9.17) is 25.8 Å². The molecule has 0 atom stereocenters. The van der Waals surface area contributed by atoms with Crippen LogP contribution in [0.3, 0.4) is 0 Å². The number of methoxy groups -OCH3 is 1. The fourth-order valence-electron chi connectivity index (χ4n) is 3.55. The number of morpholine rings is 1. The molecule has 1 fully saturated rings. The van der Waals surface area contributed by atoms with Crippen molar-refractivity contribution in [2.24, 2.45) is 0 Å². The first-order chi connectivity index (χ1) is 15.9. The van der Waals surface area contributed by atoms with Gasteiger partial charge in [-0.05, 0) is 35.9 Å². The van der Waals surface area contributed by atoms with Gasteiger partial charge in [0, 0.05) is 35.0 Å². The molecule has 1 aliphatic heterocycles. The molecule has 0 amide bonds. The number of carbonyl (C=O) groups is 1. The van der Waals surface area contributed by atoms with E-state index in [1.165, 1.54) is 29.6 Å². The number of hydrogen-bond acceptors (Lipinski definition) is 6. The molecule has 7 nitrogen and oxygen atoms in total. The lowest BCUT2D eigenvalue weighted by Crippen LogP contribution is -2.40. The Morgan fingerprint density at radius 1 is 1.03 bits per heavy atom. The molecular weight excluding hydrogens is 466 g/mol. The van der Waals surface area contributed by atoms with Gasteiger partial charge in [-0.1, -0.05) is 41.9 Å². The standard InChI is InChI=1S/C24H22ClNO6S/c1-30-22-9-6-17(16-23(22)33(28,29)26-12-14-31-15-13-26)7-11-24(27)32-21-10-8-20(25)18-4-2-3-5-19(18)21/h2-11,16H,12-15H2,1H3/b11-7+. The molecule has 4 rings (SSSR count). The largest absolute Gasteiger partial charge is 0.495 e. The summed E-state index contributed by atoms with van der Waals surface area (Å²) in [5.74, 6) is 0.0136. The summed E-state index contributed by atoms with van der Waals surface area (Å²) in [6, 6.07) is 15.4. The maximum absolute atomic E-state index is 13.1. The van der Waals surface area contributed by atoms with Crippen molar-refractivity contribution in [2.45, 2.75) is 4.90 Å². The zero-order valence-electron chi connectivity index (χ0n) is 17.9. The first-order valence-electron chi connectivity index (χ1n) is 10.2. The number of carbonyl (C=O) groups excluding carboxylic acids is 1. The van der Waals surface area contributed by atoms with E-state index in [1.807, 2.05) is 24.3 Å². The third kappa shape index (κ3) is 5.04. The predicted molar refractivity (Wildman–Crippen MR) is 126 cm³/mol. The van der Waals surface area contributed by atoms with Crippen molar-refractivity contribution in [3.05, 3.63) is 71.3 Å². The molecule has 1 heterocycles. The number of esters is 1. The molecule has 0 radical (unpaired) electrons. The minimum atomic E-state index is -3.78. The van der Waals surface area contributed by atoms with Crippen LogP contribution in [0, 0.1) is 0 Å². The first kappa shape index (κ1) is 23.3. The van der Waals surface area contributed by atoms with Crippen molar-refractivity contribution >= 4 is 44.4 Å². The molecule has 0 saturated carbocycles. The average Bonchev–Trinajstić information content (AvgIpc) is 2.85. The van der Waals surface area contributed by atoms with Crippen molar-refractivity contribution in [1.82, 2.24) is 4.31 Å². The van der Waals surface area contributed by atoms with Gasteiger partial charge in [0.15, 0.2) is 0 Å². The van der Waals surface area contributed by atoms with Gasteiger partial charge in [-0.15, -0.1) is 0 Å². The molecule has 0 unspecified atom stereocenters. The molecule has 0 bridgehead atoms. The van der Waals surface area contributed by atoms with E-state index in [-0.39, 0.29) is 23.7 Å². The summed E-state index contributed by atoms with van der Waals surface area (Å²) in [4.78, 5) is 12.5. The highest BCUT2D eigenvalue weighted by Crippen LogP contribution is 2.32. The Bertz CT molecular complexity index is 1320. The Balaban J connectivity index is 1.57. The normalized spacial score (nSPS) is 15.1. The number of hydrogen-bond donors (Lipinski definition) is 0. The molecule has 172 valence electrons. The van der Waals surface area contributed by atoms with Crippen LogP contribution in [0.2, 0.25) is 5.02 Å². The number of nitrogens with zero attached hydrogens (tertiary/aromatic N) is 1. The highest BCUT2D eigenvalue weighted by Gasteiger charge is 2.29. The second kappa shape index (κ2) is 9.93. The Hall–Kier alpha value is -2.91. The maximum Gasteiger partial charge on any atom is 0.336 e. The fraction of sp³-hybridized carbons (Fsp3) is 0.208. The molecule has 1 aliphatic rings. The van der Waals surface area contributed by atoms with Crippen molar-refractivity contribution in [2.75, 3.05) is 33.4 Å². The average molecular weight is 488 g/mol. The van der Waals surface area contributed by atoms with E-state index in [2.05, 4.69) is 0 Å². The molecule has 33 heavy (non-hydrogen) atoms. The van der Waals surface area contributed by atoms with Crippen LogP contribution >= 0.6 is 11.6 Å². The number of ether oxygens (including phenoxy) is 3. The molecule has 9 heteroatoms. The Morgan fingerprint density at radius 2 is 1.73 bits per heavy atom. The number of rotatable bonds is 6. The van der Waals surface area contributed by atoms with E-state index in [1.54, 1.807) is 24.3 Å². The lowest BCUT2D eigenvalue weighted by Gasteiger charge is -2.26. The summed E-state index contributed by atoms with van der Waals surface area (Å²) in [5, 5.41) is 2.06. The second-order valence-corrected chi connectivity index (χ2v) is 9.59. The highest BCUT2D eigenvalue weighted by molar-refractivity contribution is 7.89. The highest BCUT2D eigenvalue weighted by atomic mass is 35.5. The maximum atomic E-state index is 13.1. The minimum absolute atomic E-state index is 0.0334. The van der Waals surface area contributed by atoms with Crippen molar-refractivity contribution in [1.29, 1.82) is 0 Å². The van der Waals surface area contributed by atoms with Crippen LogP contribution < -0.4 is 9.47 Å². The van der Waals surface area contributed by atoms with Crippen LogP contribution in [0.25, 0.3) is 16.8 Å². The Kier molecular flexibility index (Phi) is 6.99. The Labute approximate surface area is 197 Å². The molecule has 1 saturated heterocycles. The number of sulfonamides is 1. The summed E-state index contributed by atoms with van der Waals surface area (Å²) >= 11 is 6.22. The quantitative estimate of drug-likeness (QED) is 0.295. The van der Waals surface area contributed by atoms with Crippen LogP contribution in [-0.2, 0) is 19.6 Å². The Morgan fingerprint density at radius 3 is 2.45 bits per heavy atom. The van der Waals surface area contributed by atoms with Crippen LogP contribution in [0.1, 0.15) is 5.56 Å². The van der Waals surface area contributed by atoms with Gasteiger partial charge in [-0.25, -0.2) is 13.2 Å². The molecule has 0 N–H and O–H groups in total. The van der Waals surface area contributed by atoms with Crippen LogP contribution in [0.4, 0.5) is 0 Å². The number of fused-ring (bicyclic) bond motifs is 1. The van der Waals surface area contributed by atoms with Gasteiger partial charge in [0.25, 0.3) is 0 Å². The third-order valence-corrected chi connectivity index (χ3v) is 7.48. The zero-order chi connectivity index (χ0) is 23.4. The summed E-state index contributed by atoms with van der Waals surface area (Å²) in [6.45, 7) is 1.22. The van der Waals surface area contributed by atoms with Gasteiger partial charge in [0.05, 0.1) is 20.3 Å². The SMILES string of the molecule is COc1ccc(/C=C/C(=O)Oc2ccc(Cl)c3ccccc23)cc1S(=O)(=O)N1CCOCC1. The predicted octanol–water partition coefficient (Wildman–Crippen LogP) is 4.14. The molecule has 3 aromatic carbocycles. The van der Waals surface area contributed by atoms with Crippen molar-refractivity contribution < 1.29 is 27.4 Å². The smallest absolute Gasteiger partial charge is 0.336 e. The van der Waals surface area contributed by atoms with E-state index in [9.17, 15) is 13.2 Å². The number of benzene rings is 3. The van der Waals surface area contributed by atoms with E-state index >= 15 is 0 Å². The van der Waals surface area contributed by atoms with Gasteiger partial charge in [-0.3, -0.25) is 0 Å². The summed E-state index contributed by atoms with van der Waals surface area (Å²) in [6.07, 6.45) is 2.74. The summed E-state index contributed by atoms with van der Waals surface area (Å²) < 4.78 is 43.6. The van der Waals surface area contributed by atoms with E-state index in [0.717, 1.165) is 10.8 Å². The first-order valence-corrected chi connectivity index (χ1v) is 12.0. The second-order valence-electron chi connectivity index (χ2n) is 7.27. The van der Waals surface area contributed by atoms with Crippen molar-refractivity contribution in [3.63, 3.8) is 0 Å². The summed E-state index contributed by atoms with van der Waals surface area (Å²) in [7, 11) is -2.36. The van der Waals surface area contributed by atoms with Gasteiger partial charge in [0.1, 0.15) is 16.4 Å². The number of halogens is 1. The molecule has 0 aromatic heterocycles. The van der Waals surface area contributed by atoms with E-state index < -0.39 is 16.0 Å².